The highest BCUT2D eigenvalue weighted by atomic mass is 16.2. The molecule has 0 radical (unpaired) electrons. The number of amides is 1. The fourth-order valence-corrected chi connectivity index (χ4v) is 3.05. The minimum absolute atomic E-state index is 0.198. The Labute approximate surface area is 111 Å². The number of carbonyl (C=O) groups excluding carboxylic acids is 1. The van der Waals surface area contributed by atoms with Crippen molar-refractivity contribution in [1.29, 1.82) is 0 Å². The average Bonchev–Trinajstić information content (AvgIpc) is 2.35. The summed E-state index contributed by atoms with van der Waals surface area (Å²) in [5.74, 6) is 0.560. The van der Waals surface area contributed by atoms with Gasteiger partial charge in [-0.1, -0.05) is 0 Å². The Bertz CT molecular complexity index is 287. The van der Waals surface area contributed by atoms with Crippen molar-refractivity contribution in [2.75, 3.05) is 26.7 Å². The summed E-state index contributed by atoms with van der Waals surface area (Å²) in [6, 6.07) is 1.50. The van der Waals surface area contributed by atoms with Gasteiger partial charge in [-0.2, -0.15) is 0 Å². The summed E-state index contributed by atoms with van der Waals surface area (Å²) in [7, 11) is 2.15. The molecule has 1 N–H and O–H groups in total. The quantitative estimate of drug-likeness (QED) is 0.755. The highest BCUT2D eigenvalue weighted by Gasteiger charge is 2.33. The summed E-state index contributed by atoms with van der Waals surface area (Å²) in [4.78, 5) is 17.0. The lowest BCUT2D eigenvalue weighted by molar-refractivity contribution is -0.140. The van der Waals surface area contributed by atoms with E-state index in [1.54, 1.807) is 0 Å². The van der Waals surface area contributed by atoms with Crippen LogP contribution in [0.25, 0.3) is 0 Å². The molecule has 2 heterocycles. The lowest BCUT2D eigenvalue weighted by Crippen LogP contribution is -2.58. The fraction of sp³-hybridized carbons (Fsp3) is 0.929. The van der Waals surface area contributed by atoms with Crippen LogP contribution in [-0.4, -0.2) is 60.5 Å². The molecule has 4 nitrogen and oxygen atoms in total. The van der Waals surface area contributed by atoms with Gasteiger partial charge >= 0.3 is 0 Å². The molecule has 2 saturated heterocycles. The first-order valence-corrected chi connectivity index (χ1v) is 7.23. The van der Waals surface area contributed by atoms with Gasteiger partial charge in [-0.3, -0.25) is 9.69 Å². The van der Waals surface area contributed by atoms with Crippen LogP contribution in [0.4, 0.5) is 0 Å². The van der Waals surface area contributed by atoms with Gasteiger partial charge in [0.25, 0.3) is 0 Å². The number of piperidine rings is 1. The number of nitrogens with zero attached hydrogens (tertiary/aromatic N) is 2. The van der Waals surface area contributed by atoms with E-state index in [1.807, 2.05) is 0 Å². The molecule has 4 heteroatoms. The minimum Gasteiger partial charge on any atom is -0.339 e. The van der Waals surface area contributed by atoms with Crippen molar-refractivity contribution < 1.29 is 4.79 Å². The van der Waals surface area contributed by atoms with Gasteiger partial charge in [-0.25, -0.2) is 0 Å². The van der Waals surface area contributed by atoms with Crippen molar-refractivity contribution in [1.82, 2.24) is 15.1 Å². The van der Waals surface area contributed by atoms with Crippen molar-refractivity contribution in [3.8, 4) is 0 Å². The van der Waals surface area contributed by atoms with Gasteiger partial charge < -0.3 is 10.2 Å². The monoisotopic (exact) mass is 253 g/mol. The molecule has 104 valence electrons. The van der Waals surface area contributed by atoms with Gasteiger partial charge in [0.05, 0.1) is 5.92 Å². The Hall–Kier alpha value is -0.610. The minimum atomic E-state index is 0.198. The Morgan fingerprint density at radius 2 is 1.72 bits per heavy atom. The van der Waals surface area contributed by atoms with Crippen molar-refractivity contribution in [2.24, 2.45) is 5.92 Å². The molecule has 2 fully saturated rings. The van der Waals surface area contributed by atoms with Gasteiger partial charge in [0.1, 0.15) is 0 Å². The van der Waals surface area contributed by atoms with Crippen LogP contribution in [0, 0.1) is 5.92 Å². The van der Waals surface area contributed by atoms with E-state index in [2.05, 4.69) is 42.9 Å². The smallest absolute Gasteiger partial charge is 0.227 e. The summed E-state index contributed by atoms with van der Waals surface area (Å²) >= 11 is 0. The van der Waals surface area contributed by atoms with Crippen LogP contribution in [0.1, 0.15) is 33.6 Å². The third-order valence-corrected chi connectivity index (χ3v) is 4.68. The van der Waals surface area contributed by atoms with E-state index in [4.69, 9.17) is 0 Å². The molecule has 2 aliphatic rings. The van der Waals surface area contributed by atoms with Gasteiger partial charge in [0.15, 0.2) is 0 Å². The second kappa shape index (κ2) is 5.57. The molecule has 0 bridgehead atoms. The number of hydrogen-bond acceptors (Lipinski definition) is 3. The van der Waals surface area contributed by atoms with Crippen LogP contribution in [0.3, 0.4) is 0 Å². The fourth-order valence-electron chi connectivity index (χ4n) is 3.05. The molecule has 0 aromatic rings. The normalized spacial score (nSPS) is 38.8. The maximum atomic E-state index is 12.5. The van der Waals surface area contributed by atoms with Crippen LogP contribution >= 0.6 is 0 Å². The summed E-state index contributed by atoms with van der Waals surface area (Å²) in [6.45, 7) is 9.22. The van der Waals surface area contributed by atoms with Crippen LogP contribution in [0.2, 0.25) is 0 Å². The predicted octanol–water partition coefficient (Wildman–Crippen LogP) is 0.926. The van der Waals surface area contributed by atoms with E-state index >= 15 is 0 Å². The summed E-state index contributed by atoms with van der Waals surface area (Å²) in [5.41, 5.74) is 0. The van der Waals surface area contributed by atoms with E-state index in [1.165, 1.54) is 0 Å². The van der Waals surface area contributed by atoms with Crippen molar-refractivity contribution >= 4 is 5.91 Å². The number of carbonyl (C=O) groups is 1. The molecule has 1 amide bonds. The van der Waals surface area contributed by atoms with Crippen molar-refractivity contribution in [3.05, 3.63) is 0 Å². The Morgan fingerprint density at radius 1 is 1.11 bits per heavy atom. The molecule has 0 aromatic heterocycles. The maximum Gasteiger partial charge on any atom is 0.227 e. The SMILES string of the molecule is CC1CCC(C(=O)N2CC(C)N(C)C(C)C2)CN1. The average molecular weight is 253 g/mol. The zero-order valence-electron chi connectivity index (χ0n) is 12.1. The van der Waals surface area contributed by atoms with E-state index in [-0.39, 0.29) is 5.92 Å². The molecule has 0 saturated carbocycles. The number of piperazine rings is 1. The van der Waals surface area contributed by atoms with Crippen LogP contribution < -0.4 is 5.32 Å². The third-order valence-electron chi connectivity index (χ3n) is 4.68. The maximum absolute atomic E-state index is 12.5. The lowest BCUT2D eigenvalue weighted by Gasteiger charge is -2.44. The van der Waals surface area contributed by atoms with Gasteiger partial charge in [0, 0.05) is 37.8 Å². The zero-order valence-corrected chi connectivity index (χ0v) is 12.1. The molecule has 4 unspecified atom stereocenters. The topological polar surface area (TPSA) is 35.6 Å². The Kier molecular flexibility index (Phi) is 4.28. The van der Waals surface area contributed by atoms with Crippen LogP contribution in [-0.2, 0) is 4.79 Å². The Morgan fingerprint density at radius 3 is 2.22 bits per heavy atom. The first-order chi connectivity index (χ1) is 8.49. The molecular formula is C14H27N3O. The summed E-state index contributed by atoms with van der Waals surface area (Å²) < 4.78 is 0. The first kappa shape index (κ1) is 13.8. The number of hydrogen-bond donors (Lipinski definition) is 1. The largest absolute Gasteiger partial charge is 0.339 e. The van der Waals surface area contributed by atoms with E-state index in [0.717, 1.165) is 32.5 Å². The second-order valence-electron chi connectivity index (χ2n) is 6.19. The van der Waals surface area contributed by atoms with Gasteiger partial charge in [-0.15, -0.1) is 0 Å². The molecule has 4 atom stereocenters. The molecule has 2 rings (SSSR count). The van der Waals surface area contributed by atoms with E-state index < -0.39 is 0 Å². The van der Waals surface area contributed by atoms with Gasteiger partial charge in [-0.05, 0) is 40.7 Å². The first-order valence-electron chi connectivity index (χ1n) is 7.23. The Balaban J connectivity index is 1.93. The molecule has 2 aliphatic heterocycles. The van der Waals surface area contributed by atoms with Crippen molar-refractivity contribution in [3.63, 3.8) is 0 Å². The second-order valence-corrected chi connectivity index (χ2v) is 6.19. The van der Waals surface area contributed by atoms with E-state index in [0.29, 0.717) is 24.0 Å². The lowest BCUT2D eigenvalue weighted by atomic mass is 9.93. The highest BCUT2D eigenvalue weighted by Crippen LogP contribution is 2.20. The number of nitrogens with one attached hydrogen (secondary N) is 1. The van der Waals surface area contributed by atoms with Gasteiger partial charge in [0.2, 0.25) is 5.91 Å². The number of rotatable bonds is 1. The standard InChI is InChI=1S/C14H27N3O/c1-10-5-6-13(7-15-10)14(18)17-8-11(2)16(4)12(3)9-17/h10-13,15H,5-9H2,1-4H3. The molecule has 0 aliphatic carbocycles. The summed E-state index contributed by atoms with van der Waals surface area (Å²) in [5, 5.41) is 3.43. The molecule has 18 heavy (non-hydrogen) atoms. The zero-order chi connectivity index (χ0) is 13.3. The predicted molar refractivity (Wildman–Crippen MR) is 73.5 cm³/mol. The molecule has 0 spiro atoms. The molecular weight excluding hydrogens is 226 g/mol. The van der Waals surface area contributed by atoms with E-state index in [9.17, 15) is 4.79 Å². The summed E-state index contributed by atoms with van der Waals surface area (Å²) in [6.07, 6.45) is 2.16. The van der Waals surface area contributed by atoms with Crippen molar-refractivity contribution in [2.45, 2.75) is 51.7 Å². The van der Waals surface area contributed by atoms with Crippen LogP contribution in [0.5, 0.6) is 0 Å². The molecule has 0 aromatic carbocycles. The number of likely N-dealkylation sites (N-methyl/N-ethyl adjacent to an activating group) is 1. The third kappa shape index (κ3) is 2.86. The highest BCUT2D eigenvalue weighted by molar-refractivity contribution is 5.79. The van der Waals surface area contributed by atoms with Crippen LogP contribution in [0.15, 0.2) is 0 Å².